The summed E-state index contributed by atoms with van der Waals surface area (Å²) in [4.78, 5) is 0. The summed E-state index contributed by atoms with van der Waals surface area (Å²) < 4.78 is 36.2. The highest BCUT2D eigenvalue weighted by Gasteiger charge is 2.22. The Morgan fingerprint density at radius 3 is 1.32 bits per heavy atom. The first kappa shape index (κ1) is 14.2. The van der Waals surface area contributed by atoms with Crippen molar-refractivity contribution < 1.29 is 16.1 Å². The third kappa shape index (κ3) is 4.45. The van der Waals surface area contributed by atoms with Gasteiger partial charge in [-0.3, -0.25) is 0 Å². The van der Waals surface area contributed by atoms with E-state index in [-0.39, 0.29) is 11.5 Å². The van der Waals surface area contributed by atoms with E-state index in [1.807, 2.05) is 0 Å². The van der Waals surface area contributed by atoms with Gasteiger partial charge in [0.25, 0.3) is 0 Å². The number of halogens is 4. The molecule has 0 aromatic heterocycles. The van der Waals surface area contributed by atoms with Crippen LogP contribution in [-0.2, 0) is 0 Å². The zero-order chi connectivity index (χ0) is 13.9. The summed E-state index contributed by atoms with van der Waals surface area (Å²) in [5.74, 6) is -0.0308. The van der Waals surface area contributed by atoms with Gasteiger partial charge in [0.15, 0.2) is 11.5 Å². The van der Waals surface area contributed by atoms with Crippen molar-refractivity contribution in [3.63, 3.8) is 0 Å². The molecule has 19 heavy (non-hydrogen) atoms. The highest BCUT2D eigenvalue weighted by Crippen LogP contribution is 2.53. The SMILES string of the molecule is FS(F)(Oc1ccc(Cl)cc1)Oc1ccc(Cl)cc1. The Bertz CT molecular complexity index is 497. The monoisotopic (exact) mass is 324 g/mol. The van der Waals surface area contributed by atoms with Crippen LogP contribution in [0.4, 0.5) is 7.77 Å². The van der Waals surface area contributed by atoms with Crippen LogP contribution in [0.25, 0.3) is 0 Å². The van der Waals surface area contributed by atoms with E-state index in [0.717, 1.165) is 0 Å². The highest BCUT2D eigenvalue weighted by atomic mass is 35.5. The smallest absolute Gasteiger partial charge is 0.210 e. The minimum absolute atomic E-state index is 0.0154. The lowest BCUT2D eigenvalue weighted by Gasteiger charge is -2.24. The van der Waals surface area contributed by atoms with Crippen molar-refractivity contribution in [3.8, 4) is 11.5 Å². The molecule has 0 aliphatic carbocycles. The molecule has 0 bridgehead atoms. The number of hydrogen-bond acceptors (Lipinski definition) is 2. The van der Waals surface area contributed by atoms with Gasteiger partial charge in [-0.1, -0.05) is 23.2 Å². The predicted molar refractivity (Wildman–Crippen MR) is 74.0 cm³/mol. The number of rotatable bonds is 4. The molecule has 0 spiro atoms. The molecule has 0 N–H and O–H groups in total. The third-order valence-corrected chi connectivity index (χ3v) is 3.29. The van der Waals surface area contributed by atoms with Gasteiger partial charge in [0.1, 0.15) is 0 Å². The normalized spacial score (nSPS) is 12.0. The average molecular weight is 325 g/mol. The summed E-state index contributed by atoms with van der Waals surface area (Å²) in [6.07, 6.45) is 0. The largest absolute Gasteiger partial charge is 0.332 e. The molecule has 0 amide bonds. The van der Waals surface area contributed by atoms with E-state index >= 15 is 0 Å². The molecule has 2 aromatic rings. The van der Waals surface area contributed by atoms with Crippen LogP contribution >= 0.6 is 34.6 Å². The van der Waals surface area contributed by atoms with Crippen molar-refractivity contribution >= 4 is 34.6 Å². The fraction of sp³-hybridized carbons (Fsp3) is 0. The van der Waals surface area contributed by atoms with Crippen LogP contribution in [0.1, 0.15) is 0 Å². The van der Waals surface area contributed by atoms with Crippen LogP contribution in [0.3, 0.4) is 0 Å². The van der Waals surface area contributed by atoms with Gasteiger partial charge in [0, 0.05) is 10.0 Å². The molecule has 102 valence electrons. The second-order valence-electron chi connectivity index (χ2n) is 3.45. The molecule has 0 radical (unpaired) electrons. The fourth-order valence-electron chi connectivity index (χ4n) is 1.22. The van der Waals surface area contributed by atoms with E-state index in [9.17, 15) is 7.77 Å². The van der Waals surface area contributed by atoms with Crippen molar-refractivity contribution in [3.05, 3.63) is 58.6 Å². The maximum absolute atomic E-state index is 13.6. The molecular weight excluding hydrogens is 317 g/mol. The van der Waals surface area contributed by atoms with Gasteiger partial charge in [-0.15, -0.1) is 0 Å². The van der Waals surface area contributed by atoms with Crippen LogP contribution in [0.15, 0.2) is 48.5 Å². The number of benzene rings is 2. The van der Waals surface area contributed by atoms with Crippen molar-refractivity contribution in [2.24, 2.45) is 0 Å². The van der Waals surface area contributed by atoms with E-state index < -0.39 is 11.4 Å². The summed E-state index contributed by atoms with van der Waals surface area (Å²) in [5, 5.41) is 0.869. The minimum atomic E-state index is -4.70. The molecule has 2 rings (SSSR count). The molecule has 0 aliphatic heterocycles. The molecule has 0 heterocycles. The van der Waals surface area contributed by atoms with Gasteiger partial charge in [-0.2, -0.15) is 0 Å². The Morgan fingerprint density at radius 2 is 1.00 bits per heavy atom. The van der Waals surface area contributed by atoms with Crippen molar-refractivity contribution in [1.82, 2.24) is 0 Å². The summed E-state index contributed by atoms with van der Waals surface area (Å²) in [6.45, 7) is 0. The maximum Gasteiger partial charge on any atom is 0.210 e. The maximum atomic E-state index is 13.6. The van der Waals surface area contributed by atoms with Gasteiger partial charge in [-0.05, 0) is 56.3 Å². The molecule has 0 atom stereocenters. The second-order valence-corrected chi connectivity index (χ2v) is 5.42. The zero-order valence-electron chi connectivity index (χ0n) is 9.36. The Balaban J connectivity index is 2.05. The van der Waals surface area contributed by atoms with Gasteiger partial charge in [0.05, 0.1) is 0 Å². The molecule has 0 unspecified atom stereocenters. The van der Waals surface area contributed by atoms with Crippen LogP contribution in [0.2, 0.25) is 10.0 Å². The van der Waals surface area contributed by atoms with Crippen LogP contribution in [0.5, 0.6) is 11.5 Å². The summed E-state index contributed by atoms with van der Waals surface area (Å²) in [7, 11) is 0. The molecule has 2 aromatic carbocycles. The van der Waals surface area contributed by atoms with Crippen LogP contribution in [-0.4, -0.2) is 0 Å². The van der Waals surface area contributed by atoms with Gasteiger partial charge < -0.3 is 8.37 Å². The Morgan fingerprint density at radius 1 is 0.684 bits per heavy atom. The summed E-state index contributed by atoms with van der Waals surface area (Å²) in [5.41, 5.74) is 0. The van der Waals surface area contributed by atoms with Crippen LogP contribution in [0, 0.1) is 0 Å². The van der Waals surface area contributed by atoms with Crippen LogP contribution < -0.4 is 8.37 Å². The highest BCUT2D eigenvalue weighted by molar-refractivity contribution is 8.17. The first-order valence-corrected chi connectivity index (χ1v) is 7.11. The molecule has 0 saturated carbocycles. The van der Waals surface area contributed by atoms with Gasteiger partial charge >= 0.3 is 0 Å². The lowest BCUT2D eigenvalue weighted by Crippen LogP contribution is -2.04. The fourth-order valence-corrected chi connectivity index (χ4v) is 2.18. The molecule has 7 heteroatoms. The van der Waals surface area contributed by atoms with E-state index in [0.29, 0.717) is 10.0 Å². The van der Waals surface area contributed by atoms with E-state index in [4.69, 9.17) is 23.2 Å². The molecule has 2 nitrogen and oxygen atoms in total. The summed E-state index contributed by atoms with van der Waals surface area (Å²) >= 11 is 6.60. The third-order valence-electron chi connectivity index (χ3n) is 2.01. The van der Waals surface area contributed by atoms with E-state index in [2.05, 4.69) is 8.37 Å². The lowest BCUT2D eigenvalue weighted by atomic mass is 10.3. The molecule has 0 fully saturated rings. The number of hydrogen-bond donors (Lipinski definition) is 0. The van der Waals surface area contributed by atoms with Gasteiger partial charge in [0.2, 0.25) is 11.4 Å². The quantitative estimate of drug-likeness (QED) is 0.701. The summed E-state index contributed by atoms with van der Waals surface area (Å²) in [6, 6.07) is 11.2. The molecular formula is C12H8Cl2F2O2S. The lowest BCUT2D eigenvalue weighted by molar-refractivity contribution is 0.394. The zero-order valence-corrected chi connectivity index (χ0v) is 11.7. The minimum Gasteiger partial charge on any atom is -0.332 e. The first-order chi connectivity index (χ1) is 8.94. The predicted octanol–water partition coefficient (Wildman–Crippen LogP) is 5.85. The van der Waals surface area contributed by atoms with Crippen molar-refractivity contribution in [2.75, 3.05) is 0 Å². The Hall–Kier alpha value is -1.17. The topological polar surface area (TPSA) is 18.5 Å². The second kappa shape index (κ2) is 5.86. The van der Waals surface area contributed by atoms with E-state index in [1.54, 1.807) is 0 Å². The van der Waals surface area contributed by atoms with Gasteiger partial charge in [-0.25, -0.2) is 0 Å². The van der Waals surface area contributed by atoms with Crippen molar-refractivity contribution in [2.45, 2.75) is 0 Å². The first-order valence-electron chi connectivity index (χ1n) is 5.07. The molecule has 0 saturated heterocycles. The Kier molecular flexibility index (Phi) is 4.39. The average Bonchev–Trinajstić information content (AvgIpc) is 2.34. The Labute approximate surface area is 121 Å². The van der Waals surface area contributed by atoms with E-state index in [1.165, 1.54) is 48.5 Å². The van der Waals surface area contributed by atoms with Crippen molar-refractivity contribution in [1.29, 1.82) is 0 Å². The molecule has 0 aliphatic rings. The standard InChI is InChI=1S/C12H8Cl2F2O2S/c13-9-1-5-11(6-2-9)17-19(15,16)18-12-7-3-10(14)4-8-12/h1-8H.